The number of halogens is 2. The Balaban J connectivity index is 1.74. The summed E-state index contributed by atoms with van der Waals surface area (Å²) in [4.78, 5) is 37.0. The number of amides is 1. The SMILES string of the molecule is Cc1ccc(C(=O)NC2CC2)cc1-c1nc(NCCN(C)C)nc2c1ccc(=O)n2-c1c(F)cccc1F. The normalized spacial score (nSPS) is 13.2. The zero-order chi connectivity index (χ0) is 27.0. The predicted octanol–water partition coefficient (Wildman–Crippen LogP) is 3.90. The summed E-state index contributed by atoms with van der Waals surface area (Å²) in [5.74, 6) is -1.77. The highest BCUT2D eigenvalue weighted by molar-refractivity contribution is 5.98. The van der Waals surface area contributed by atoms with Crippen LogP contribution in [0.2, 0.25) is 0 Å². The molecule has 0 bridgehead atoms. The van der Waals surface area contributed by atoms with Crippen LogP contribution in [0.25, 0.3) is 28.0 Å². The second kappa shape index (κ2) is 10.3. The fraction of sp³-hybridized carbons (Fsp3) is 0.286. The predicted molar refractivity (Wildman–Crippen MR) is 143 cm³/mol. The summed E-state index contributed by atoms with van der Waals surface area (Å²) >= 11 is 0. The van der Waals surface area contributed by atoms with E-state index in [9.17, 15) is 18.4 Å². The average molecular weight is 519 g/mol. The largest absolute Gasteiger partial charge is 0.353 e. The lowest BCUT2D eigenvalue weighted by Gasteiger charge is -2.17. The zero-order valence-corrected chi connectivity index (χ0v) is 21.4. The summed E-state index contributed by atoms with van der Waals surface area (Å²) in [6.07, 6.45) is 1.93. The molecule has 1 amide bonds. The van der Waals surface area contributed by atoms with Crippen LogP contribution in [0.5, 0.6) is 0 Å². The maximum Gasteiger partial charge on any atom is 0.256 e. The van der Waals surface area contributed by atoms with Crippen LogP contribution in [0.15, 0.2) is 53.3 Å². The van der Waals surface area contributed by atoms with Gasteiger partial charge in [-0.25, -0.2) is 13.8 Å². The van der Waals surface area contributed by atoms with E-state index in [4.69, 9.17) is 4.98 Å². The first-order chi connectivity index (χ1) is 18.2. The van der Waals surface area contributed by atoms with Gasteiger partial charge in [0, 0.05) is 41.7 Å². The first kappa shape index (κ1) is 25.5. The Morgan fingerprint density at radius 3 is 2.50 bits per heavy atom. The number of para-hydroxylation sites is 1. The second-order valence-electron chi connectivity index (χ2n) is 9.72. The number of aromatic nitrogens is 3. The van der Waals surface area contributed by atoms with Gasteiger partial charge in [0.1, 0.15) is 17.3 Å². The first-order valence-corrected chi connectivity index (χ1v) is 12.4. The van der Waals surface area contributed by atoms with Crippen molar-refractivity contribution in [2.24, 2.45) is 0 Å². The Morgan fingerprint density at radius 2 is 1.82 bits per heavy atom. The van der Waals surface area contributed by atoms with Crippen LogP contribution in [0.1, 0.15) is 28.8 Å². The third kappa shape index (κ3) is 5.12. The summed E-state index contributed by atoms with van der Waals surface area (Å²) in [5.41, 5.74) is 1.29. The lowest BCUT2D eigenvalue weighted by Crippen LogP contribution is -2.25. The third-order valence-corrected chi connectivity index (χ3v) is 6.42. The van der Waals surface area contributed by atoms with Gasteiger partial charge in [0.05, 0.1) is 5.69 Å². The molecule has 38 heavy (non-hydrogen) atoms. The van der Waals surface area contributed by atoms with Crippen molar-refractivity contribution in [3.05, 3.63) is 81.6 Å². The van der Waals surface area contributed by atoms with Crippen molar-refractivity contribution in [3.63, 3.8) is 0 Å². The Labute approximate surface area is 218 Å². The Hall–Kier alpha value is -4.18. The quantitative estimate of drug-likeness (QED) is 0.368. The number of benzene rings is 2. The molecule has 1 saturated carbocycles. The monoisotopic (exact) mass is 518 g/mol. The maximum atomic E-state index is 14.9. The molecular weight excluding hydrogens is 490 g/mol. The van der Waals surface area contributed by atoms with Gasteiger partial charge in [0.2, 0.25) is 5.95 Å². The number of likely N-dealkylation sites (N-methyl/N-ethyl adjacent to an activating group) is 1. The number of rotatable bonds is 8. The summed E-state index contributed by atoms with van der Waals surface area (Å²) in [6.45, 7) is 3.06. The number of fused-ring (bicyclic) bond motifs is 1. The molecule has 2 N–H and O–H groups in total. The minimum Gasteiger partial charge on any atom is -0.353 e. The van der Waals surface area contributed by atoms with Gasteiger partial charge in [-0.1, -0.05) is 12.1 Å². The van der Waals surface area contributed by atoms with Crippen LogP contribution < -0.4 is 16.2 Å². The molecule has 5 rings (SSSR count). The van der Waals surface area contributed by atoms with E-state index in [1.165, 1.54) is 12.1 Å². The van der Waals surface area contributed by atoms with Crippen molar-refractivity contribution in [1.29, 1.82) is 0 Å². The molecule has 8 nitrogen and oxygen atoms in total. The van der Waals surface area contributed by atoms with E-state index < -0.39 is 22.9 Å². The number of nitrogens with zero attached hydrogens (tertiary/aromatic N) is 4. The van der Waals surface area contributed by atoms with E-state index in [0.29, 0.717) is 35.3 Å². The lowest BCUT2D eigenvalue weighted by molar-refractivity contribution is 0.0951. The van der Waals surface area contributed by atoms with Crippen LogP contribution in [0, 0.1) is 18.6 Å². The van der Waals surface area contributed by atoms with Gasteiger partial charge in [0.25, 0.3) is 11.5 Å². The van der Waals surface area contributed by atoms with E-state index in [2.05, 4.69) is 15.6 Å². The fourth-order valence-corrected chi connectivity index (χ4v) is 4.22. The molecule has 0 saturated heterocycles. The molecular formula is C28H28F2N6O2. The molecule has 0 spiro atoms. The summed E-state index contributed by atoms with van der Waals surface area (Å²) in [5, 5.41) is 6.55. The van der Waals surface area contributed by atoms with Gasteiger partial charge in [-0.3, -0.25) is 14.2 Å². The number of nitrogens with one attached hydrogen (secondary N) is 2. The molecule has 1 aliphatic carbocycles. The van der Waals surface area contributed by atoms with Crippen molar-refractivity contribution in [3.8, 4) is 16.9 Å². The number of hydrogen-bond donors (Lipinski definition) is 2. The zero-order valence-electron chi connectivity index (χ0n) is 21.4. The number of carbonyl (C=O) groups excluding carboxylic acids is 1. The van der Waals surface area contributed by atoms with Crippen LogP contribution >= 0.6 is 0 Å². The van der Waals surface area contributed by atoms with Gasteiger partial charge < -0.3 is 15.5 Å². The molecule has 1 aliphatic rings. The second-order valence-corrected chi connectivity index (χ2v) is 9.72. The van der Waals surface area contributed by atoms with Crippen LogP contribution in [-0.4, -0.2) is 58.6 Å². The Bertz CT molecular complexity index is 1580. The van der Waals surface area contributed by atoms with Crippen molar-refractivity contribution < 1.29 is 13.6 Å². The van der Waals surface area contributed by atoms with Crippen LogP contribution in [0.3, 0.4) is 0 Å². The van der Waals surface area contributed by atoms with Gasteiger partial charge in [-0.2, -0.15) is 4.98 Å². The van der Waals surface area contributed by atoms with Crippen molar-refractivity contribution in [1.82, 2.24) is 24.8 Å². The third-order valence-electron chi connectivity index (χ3n) is 6.42. The molecule has 0 radical (unpaired) electrons. The highest BCUT2D eigenvalue weighted by Crippen LogP contribution is 2.32. The topological polar surface area (TPSA) is 92.2 Å². The molecule has 2 heterocycles. The number of carbonyl (C=O) groups is 1. The standard InChI is InChI=1S/C28H28F2N6O2/c1-16-7-8-17(27(38)32-18-9-10-18)15-20(16)24-19-11-12-23(37)36(25-21(29)5-4-6-22(25)30)26(19)34-28(33-24)31-13-14-35(2)3/h4-8,11-12,15,18H,9-10,13-14H2,1-3H3,(H,32,38)(H,31,33,34). The van der Waals surface area contributed by atoms with Gasteiger partial charge in [-0.05, 0) is 69.8 Å². The Kier molecular flexibility index (Phi) is 6.90. The minimum absolute atomic E-state index is 0.0473. The van der Waals surface area contributed by atoms with Crippen molar-refractivity contribution in [2.75, 3.05) is 32.5 Å². The van der Waals surface area contributed by atoms with Gasteiger partial charge in [0.15, 0.2) is 5.65 Å². The minimum atomic E-state index is -0.892. The molecule has 4 aromatic rings. The van der Waals surface area contributed by atoms with Crippen LogP contribution in [0.4, 0.5) is 14.7 Å². The van der Waals surface area contributed by atoms with Crippen molar-refractivity contribution >= 4 is 22.9 Å². The van der Waals surface area contributed by atoms with Crippen LogP contribution in [-0.2, 0) is 0 Å². The number of anilines is 1. The van der Waals surface area contributed by atoms with E-state index in [1.54, 1.807) is 18.2 Å². The van der Waals surface area contributed by atoms with E-state index in [-0.39, 0.29) is 23.5 Å². The highest BCUT2D eigenvalue weighted by Gasteiger charge is 2.25. The number of aryl methyl sites for hydroxylation is 1. The number of hydrogen-bond acceptors (Lipinski definition) is 6. The molecule has 1 fully saturated rings. The average Bonchev–Trinajstić information content (AvgIpc) is 3.69. The molecule has 10 heteroatoms. The molecule has 2 aromatic carbocycles. The summed E-state index contributed by atoms with van der Waals surface area (Å²) in [6, 6.07) is 11.7. The molecule has 2 aromatic heterocycles. The van der Waals surface area contributed by atoms with Gasteiger partial charge >= 0.3 is 0 Å². The first-order valence-electron chi connectivity index (χ1n) is 12.4. The molecule has 0 atom stereocenters. The maximum absolute atomic E-state index is 14.9. The number of pyridine rings is 1. The molecule has 0 unspecified atom stereocenters. The van der Waals surface area contributed by atoms with E-state index in [1.807, 2.05) is 32.0 Å². The molecule has 196 valence electrons. The van der Waals surface area contributed by atoms with E-state index in [0.717, 1.165) is 35.1 Å². The van der Waals surface area contributed by atoms with E-state index >= 15 is 0 Å². The molecule has 0 aliphatic heterocycles. The lowest BCUT2D eigenvalue weighted by atomic mass is 9.99. The van der Waals surface area contributed by atoms with Gasteiger partial charge in [-0.15, -0.1) is 0 Å². The Morgan fingerprint density at radius 1 is 1.08 bits per heavy atom. The summed E-state index contributed by atoms with van der Waals surface area (Å²) < 4.78 is 30.7. The smallest absolute Gasteiger partial charge is 0.256 e. The fourth-order valence-electron chi connectivity index (χ4n) is 4.22. The van der Waals surface area contributed by atoms with Crippen molar-refractivity contribution in [2.45, 2.75) is 25.8 Å². The highest BCUT2D eigenvalue weighted by atomic mass is 19.1. The summed E-state index contributed by atoms with van der Waals surface area (Å²) in [7, 11) is 3.85.